The van der Waals surface area contributed by atoms with Crippen LogP contribution in [0, 0.1) is 0 Å². The molecule has 2 unspecified atom stereocenters. The number of aromatic amines is 1. The van der Waals surface area contributed by atoms with Gasteiger partial charge in [0.2, 0.25) is 0 Å². The van der Waals surface area contributed by atoms with Crippen molar-refractivity contribution in [1.29, 1.82) is 0 Å². The lowest BCUT2D eigenvalue weighted by atomic mass is 10.1. The Hall–Kier alpha value is -2.91. The first-order valence-electron chi connectivity index (χ1n) is 11.7. The zero-order valence-electron chi connectivity index (χ0n) is 20.0. The van der Waals surface area contributed by atoms with E-state index in [2.05, 4.69) is 23.7 Å². The van der Waals surface area contributed by atoms with Crippen LogP contribution in [0.2, 0.25) is 0 Å². The normalized spacial score (nSPS) is 18.9. The number of unbranched alkanes of at least 4 members (excludes halogenated alkanes) is 1. The molecule has 1 amide bonds. The molecule has 1 aromatic heterocycles. The van der Waals surface area contributed by atoms with Crippen LogP contribution in [0.1, 0.15) is 56.5 Å². The SMILES string of the molecule is CCCCn1c(N)c(N(CC)C(=O)c2ccc(CN3CC(C)OC(C)C3)cc2)c(=O)[nH]c1=O. The molecule has 9 nitrogen and oxygen atoms in total. The number of hydrogen-bond acceptors (Lipinski definition) is 6. The summed E-state index contributed by atoms with van der Waals surface area (Å²) < 4.78 is 7.11. The molecule has 2 aromatic rings. The number of rotatable bonds is 8. The third-order valence-corrected chi connectivity index (χ3v) is 5.88. The standard InChI is InChI=1S/C24H35N5O4/c1-5-7-12-29-21(25)20(22(30)26-24(29)32)28(6-2)23(31)19-10-8-18(9-11-19)15-27-13-16(3)33-17(4)14-27/h8-11,16-17H,5-7,12-15,25H2,1-4H3,(H,26,30,32). The lowest BCUT2D eigenvalue weighted by Gasteiger charge is -2.35. The van der Waals surface area contributed by atoms with E-state index in [-0.39, 0.29) is 36.2 Å². The number of carbonyl (C=O) groups is 1. The third-order valence-electron chi connectivity index (χ3n) is 5.88. The Bertz CT molecular complexity index is 1070. The van der Waals surface area contributed by atoms with Crippen LogP contribution < -0.4 is 21.9 Å². The summed E-state index contributed by atoms with van der Waals surface area (Å²) in [5.41, 5.74) is 6.55. The van der Waals surface area contributed by atoms with Gasteiger partial charge in [-0.25, -0.2) is 4.79 Å². The molecule has 1 fully saturated rings. The number of amides is 1. The van der Waals surface area contributed by atoms with Gasteiger partial charge >= 0.3 is 5.69 Å². The molecule has 0 bridgehead atoms. The van der Waals surface area contributed by atoms with Crippen LogP contribution in [-0.2, 0) is 17.8 Å². The number of carbonyl (C=O) groups excluding carboxylic acids is 1. The molecule has 0 saturated carbocycles. The van der Waals surface area contributed by atoms with Gasteiger partial charge in [-0.1, -0.05) is 25.5 Å². The first kappa shape index (κ1) is 24.7. The van der Waals surface area contributed by atoms with E-state index in [1.807, 2.05) is 19.1 Å². The number of H-pyrrole nitrogens is 1. The fraction of sp³-hybridized carbons (Fsp3) is 0.542. The lowest BCUT2D eigenvalue weighted by Crippen LogP contribution is -2.44. The Labute approximate surface area is 194 Å². The Balaban J connectivity index is 1.82. The molecule has 9 heteroatoms. The summed E-state index contributed by atoms with van der Waals surface area (Å²) in [6, 6.07) is 7.40. The average Bonchev–Trinajstić information content (AvgIpc) is 2.76. The van der Waals surface area contributed by atoms with E-state index in [9.17, 15) is 14.4 Å². The number of benzene rings is 1. The number of nitrogens with zero attached hydrogens (tertiary/aromatic N) is 3. The van der Waals surface area contributed by atoms with E-state index in [0.717, 1.165) is 38.0 Å². The quantitative estimate of drug-likeness (QED) is 0.628. The number of anilines is 2. The molecule has 0 spiro atoms. The van der Waals surface area contributed by atoms with E-state index in [0.29, 0.717) is 12.1 Å². The molecule has 1 aromatic carbocycles. The first-order valence-corrected chi connectivity index (χ1v) is 11.7. The number of nitrogen functional groups attached to an aromatic ring is 1. The minimum Gasteiger partial charge on any atom is -0.383 e. The van der Waals surface area contributed by atoms with Crippen LogP contribution in [0.3, 0.4) is 0 Å². The second-order valence-corrected chi connectivity index (χ2v) is 8.70. The van der Waals surface area contributed by atoms with Crippen molar-refractivity contribution in [2.45, 2.75) is 65.8 Å². The van der Waals surface area contributed by atoms with Gasteiger partial charge in [-0.15, -0.1) is 0 Å². The van der Waals surface area contributed by atoms with Crippen molar-refractivity contribution in [2.75, 3.05) is 30.3 Å². The zero-order chi connectivity index (χ0) is 24.1. The van der Waals surface area contributed by atoms with E-state index < -0.39 is 11.2 Å². The van der Waals surface area contributed by atoms with Crippen LogP contribution in [0.5, 0.6) is 0 Å². The minimum absolute atomic E-state index is 0.0126. The zero-order valence-corrected chi connectivity index (χ0v) is 20.0. The van der Waals surface area contributed by atoms with Crippen LogP contribution in [-0.4, -0.2) is 52.2 Å². The molecule has 2 atom stereocenters. The van der Waals surface area contributed by atoms with Gasteiger partial charge in [-0.3, -0.25) is 24.0 Å². The third kappa shape index (κ3) is 5.72. The van der Waals surface area contributed by atoms with Crippen molar-refractivity contribution in [3.8, 4) is 0 Å². The molecule has 1 aliphatic heterocycles. The van der Waals surface area contributed by atoms with Gasteiger partial charge in [-0.2, -0.15) is 0 Å². The second-order valence-electron chi connectivity index (χ2n) is 8.70. The van der Waals surface area contributed by atoms with Crippen molar-refractivity contribution in [2.24, 2.45) is 0 Å². The number of aromatic nitrogens is 2. The van der Waals surface area contributed by atoms with Crippen LogP contribution >= 0.6 is 0 Å². The second kappa shape index (κ2) is 10.8. The summed E-state index contributed by atoms with van der Waals surface area (Å²) in [4.78, 5) is 44.1. The van der Waals surface area contributed by atoms with E-state index in [4.69, 9.17) is 10.5 Å². The molecule has 3 rings (SSSR count). The molecular formula is C24H35N5O4. The topological polar surface area (TPSA) is 114 Å². The van der Waals surface area contributed by atoms with Crippen LogP contribution in [0.15, 0.2) is 33.9 Å². The highest BCUT2D eigenvalue weighted by atomic mass is 16.5. The van der Waals surface area contributed by atoms with Gasteiger partial charge in [0, 0.05) is 38.3 Å². The fourth-order valence-corrected chi connectivity index (χ4v) is 4.36. The smallest absolute Gasteiger partial charge is 0.330 e. The first-order chi connectivity index (χ1) is 15.7. The summed E-state index contributed by atoms with van der Waals surface area (Å²) in [5.74, 6) is -0.324. The van der Waals surface area contributed by atoms with Crippen molar-refractivity contribution >= 4 is 17.4 Å². The lowest BCUT2D eigenvalue weighted by molar-refractivity contribution is -0.0704. The highest BCUT2D eigenvalue weighted by Gasteiger charge is 2.25. The molecule has 33 heavy (non-hydrogen) atoms. The molecule has 3 N–H and O–H groups in total. The molecule has 1 aliphatic rings. The Morgan fingerprint density at radius 1 is 1.15 bits per heavy atom. The van der Waals surface area contributed by atoms with E-state index in [1.165, 1.54) is 9.47 Å². The summed E-state index contributed by atoms with van der Waals surface area (Å²) in [7, 11) is 0. The van der Waals surface area contributed by atoms with Gasteiger partial charge in [0.05, 0.1) is 12.2 Å². The predicted octanol–water partition coefficient (Wildman–Crippen LogP) is 2.19. The minimum atomic E-state index is -0.660. The van der Waals surface area contributed by atoms with E-state index >= 15 is 0 Å². The summed E-state index contributed by atoms with van der Waals surface area (Å²) in [5, 5.41) is 0. The summed E-state index contributed by atoms with van der Waals surface area (Å²) in [6.45, 7) is 11.0. The number of nitrogens with one attached hydrogen (secondary N) is 1. The van der Waals surface area contributed by atoms with Gasteiger partial charge in [0.15, 0.2) is 5.69 Å². The summed E-state index contributed by atoms with van der Waals surface area (Å²) >= 11 is 0. The van der Waals surface area contributed by atoms with Crippen molar-refractivity contribution < 1.29 is 9.53 Å². The Morgan fingerprint density at radius 3 is 2.36 bits per heavy atom. The number of morpholine rings is 1. The Morgan fingerprint density at radius 2 is 1.79 bits per heavy atom. The van der Waals surface area contributed by atoms with E-state index in [1.54, 1.807) is 19.1 Å². The molecule has 0 radical (unpaired) electrons. The summed E-state index contributed by atoms with van der Waals surface area (Å²) in [6.07, 6.45) is 1.98. The maximum absolute atomic E-state index is 13.3. The molecule has 2 heterocycles. The van der Waals surface area contributed by atoms with Gasteiger partial charge in [-0.05, 0) is 44.9 Å². The number of hydrogen-bond donors (Lipinski definition) is 2. The number of nitrogens with two attached hydrogens (primary N) is 1. The van der Waals surface area contributed by atoms with Gasteiger partial charge in [0.25, 0.3) is 11.5 Å². The average molecular weight is 458 g/mol. The van der Waals surface area contributed by atoms with Crippen molar-refractivity contribution in [1.82, 2.24) is 14.5 Å². The fourth-order valence-electron chi connectivity index (χ4n) is 4.36. The highest BCUT2D eigenvalue weighted by Crippen LogP contribution is 2.20. The van der Waals surface area contributed by atoms with Crippen molar-refractivity contribution in [3.63, 3.8) is 0 Å². The van der Waals surface area contributed by atoms with Gasteiger partial charge < -0.3 is 15.4 Å². The van der Waals surface area contributed by atoms with Crippen molar-refractivity contribution in [3.05, 3.63) is 56.2 Å². The molecule has 180 valence electrons. The monoisotopic (exact) mass is 457 g/mol. The predicted molar refractivity (Wildman–Crippen MR) is 130 cm³/mol. The highest BCUT2D eigenvalue weighted by molar-refractivity contribution is 6.07. The van der Waals surface area contributed by atoms with Crippen LogP contribution in [0.25, 0.3) is 0 Å². The van der Waals surface area contributed by atoms with Crippen LogP contribution in [0.4, 0.5) is 11.5 Å². The maximum atomic E-state index is 13.3. The Kier molecular flexibility index (Phi) is 8.10. The largest absolute Gasteiger partial charge is 0.383 e. The molecule has 1 saturated heterocycles. The number of ether oxygens (including phenoxy) is 1. The molecular weight excluding hydrogens is 422 g/mol. The van der Waals surface area contributed by atoms with Gasteiger partial charge in [0.1, 0.15) is 5.82 Å². The maximum Gasteiger partial charge on any atom is 0.330 e. The molecule has 0 aliphatic carbocycles.